The van der Waals surface area contributed by atoms with Crippen molar-refractivity contribution in [1.29, 1.82) is 0 Å². The Balaban J connectivity index is 1.27. The zero-order valence-electron chi connectivity index (χ0n) is 17.6. The molecule has 1 saturated heterocycles. The van der Waals surface area contributed by atoms with Crippen LogP contribution in [-0.2, 0) is 19.1 Å². The van der Waals surface area contributed by atoms with Crippen molar-refractivity contribution >= 4 is 5.91 Å². The fourth-order valence-electron chi connectivity index (χ4n) is 3.74. The van der Waals surface area contributed by atoms with Crippen LogP contribution in [0.5, 0.6) is 5.75 Å². The lowest BCUT2D eigenvalue weighted by Crippen LogP contribution is -2.29. The molecule has 2 aromatic heterocycles. The van der Waals surface area contributed by atoms with Crippen LogP contribution in [0.25, 0.3) is 0 Å². The molecule has 1 fully saturated rings. The number of likely N-dealkylation sites (tertiary alicyclic amines) is 1. The number of H-pyrrole nitrogens is 1. The number of aromatic nitrogens is 4. The minimum absolute atomic E-state index is 0.0691. The number of alkyl halides is 3. The molecule has 0 bridgehead atoms. The van der Waals surface area contributed by atoms with E-state index in [-0.39, 0.29) is 11.8 Å². The molecule has 1 aliphatic rings. The van der Waals surface area contributed by atoms with Gasteiger partial charge in [0.15, 0.2) is 0 Å². The maximum absolute atomic E-state index is 12.7. The van der Waals surface area contributed by atoms with Gasteiger partial charge < -0.3 is 9.64 Å². The number of amides is 1. The molecule has 1 amide bonds. The summed E-state index contributed by atoms with van der Waals surface area (Å²) in [5.41, 5.74) is 1.52. The zero-order valence-corrected chi connectivity index (χ0v) is 17.6. The largest absolute Gasteiger partial charge is 0.493 e. The number of carbonyl (C=O) groups is 1. The highest BCUT2D eigenvalue weighted by Gasteiger charge is 2.31. The average molecular weight is 447 g/mol. The van der Waals surface area contributed by atoms with E-state index in [2.05, 4.69) is 15.3 Å². The lowest BCUT2D eigenvalue weighted by molar-refractivity contribution is -0.137. The van der Waals surface area contributed by atoms with E-state index < -0.39 is 11.7 Å². The van der Waals surface area contributed by atoms with Gasteiger partial charge in [-0.05, 0) is 49.7 Å². The minimum atomic E-state index is -4.36. The number of nitrogens with one attached hydrogen (secondary N) is 1. The molecular formula is C22H24F3N5O2. The molecule has 7 nitrogen and oxygen atoms in total. The highest BCUT2D eigenvalue weighted by atomic mass is 19.4. The first-order chi connectivity index (χ1) is 15.3. The van der Waals surface area contributed by atoms with Crippen molar-refractivity contribution in [3.05, 3.63) is 65.2 Å². The molecule has 1 aromatic carbocycles. The van der Waals surface area contributed by atoms with E-state index >= 15 is 0 Å². The SMILES string of the molecule is CCn1ccc(C(=O)N2CCC(c3cc(CCOc4ccc(C(F)(F)F)cc4)[nH]n3)C2)n1. The number of halogens is 3. The van der Waals surface area contributed by atoms with Crippen molar-refractivity contribution in [2.24, 2.45) is 0 Å². The number of ether oxygens (including phenoxy) is 1. The van der Waals surface area contributed by atoms with Crippen LogP contribution < -0.4 is 4.74 Å². The normalized spacial score (nSPS) is 16.5. The number of carbonyl (C=O) groups excluding carboxylic acids is 1. The summed E-state index contributed by atoms with van der Waals surface area (Å²) in [4.78, 5) is 14.5. The second-order valence-corrected chi connectivity index (χ2v) is 7.73. The summed E-state index contributed by atoms with van der Waals surface area (Å²) in [5.74, 6) is 0.460. The molecule has 3 aromatic rings. The number of hydrogen-bond donors (Lipinski definition) is 1. The Morgan fingerprint density at radius 2 is 2.03 bits per heavy atom. The molecule has 1 atom stereocenters. The van der Waals surface area contributed by atoms with E-state index in [9.17, 15) is 18.0 Å². The highest BCUT2D eigenvalue weighted by molar-refractivity contribution is 5.92. The Morgan fingerprint density at radius 3 is 2.72 bits per heavy atom. The van der Waals surface area contributed by atoms with Gasteiger partial charge in [-0.3, -0.25) is 14.6 Å². The van der Waals surface area contributed by atoms with Crippen LogP contribution in [0.2, 0.25) is 0 Å². The van der Waals surface area contributed by atoms with E-state index in [0.29, 0.717) is 44.1 Å². The summed E-state index contributed by atoms with van der Waals surface area (Å²) < 4.78 is 45.1. The molecule has 0 radical (unpaired) electrons. The summed E-state index contributed by atoms with van der Waals surface area (Å²) >= 11 is 0. The topological polar surface area (TPSA) is 76.0 Å². The summed E-state index contributed by atoms with van der Waals surface area (Å²) in [6.45, 7) is 4.24. The summed E-state index contributed by atoms with van der Waals surface area (Å²) in [5, 5.41) is 11.7. The van der Waals surface area contributed by atoms with Gasteiger partial charge in [0.05, 0.1) is 17.9 Å². The number of benzene rings is 1. The number of nitrogens with zero attached hydrogens (tertiary/aromatic N) is 4. The molecule has 0 aliphatic carbocycles. The van der Waals surface area contributed by atoms with Crippen molar-refractivity contribution in [1.82, 2.24) is 24.9 Å². The van der Waals surface area contributed by atoms with Crippen LogP contribution in [0, 0.1) is 0 Å². The molecule has 10 heteroatoms. The first kappa shape index (κ1) is 21.9. The fourth-order valence-corrected chi connectivity index (χ4v) is 3.74. The molecule has 170 valence electrons. The fraction of sp³-hybridized carbons (Fsp3) is 0.409. The smallest absolute Gasteiger partial charge is 0.416 e. The van der Waals surface area contributed by atoms with Crippen LogP contribution in [0.15, 0.2) is 42.6 Å². The minimum Gasteiger partial charge on any atom is -0.493 e. The van der Waals surface area contributed by atoms with Gasteiger partial charge in [-0.2, -0.15) is 23.4 Å². The molecule has 4 rings (SSSR count). The summed E-state index contributed by atoms with van der Waals surface area (Å²) in [6, 6.07) is 8.33. The Kier molecular flexibility index (Phi) is 6.20. The monoisotopic (exact) mass is 447 g/mol. The Morgan fingerprint density at radius 1 is 1.25 bits per heavy atom. The van der Waals surface area contributed by atoms with Gasteiger partial charge in [-0.25, -0.2) is 0 Å². The summed E-state index contributed by atoms with van der Waals surface area (Å²) in [7, 11) is 0. The van der Waals surface area contributed by atoms with Crippen molar-refractivity contribution in [2.45, 2.75) is 38.4 Å². The average Bonchev–Trinajstić information content (AvgIpc) is 3.53. The molecule has 1 aliphatic heterocycles. The van der Waals surface area contributed by atoms with E-state index in [1.54, 1.807) is 21.8 Å². The Bertz CT molecular complexity index is 1060. The molecule has 0 saturated carbocycles. The van der Waals surface area contributed by atoms with Crippen LogP contribution >= 0.6 is 0 Å². The van der Waals surface area contributed by atoms with Gasteiger partial charge in [0.25, 0.3) is 5.91 Å². The van der Waals surface area contributed by atoms with Gasteiger partial charge in [-0.15, -0.1) is 0 Å². The van der Waals surface area contributed by atoms with Crippen LogP contribution in [-0.4, -0.2) is 50.5 Å². The molecule has 32 heavy (non-hydrogen) atoms. The van der Waals surface area contributed by atoms with Gasteiger partial charge >= 0.3 is 6.18 Å². The van der Waals surface area contributed by atoms with Crippen molar-refractivity contribution in [3.63, 3.8) is 0 Å². The van der Waals surface area contributed by atoms with E-state index in [1.165, 1.54) is 12.1 Å². The third-order valence-corrected chi connectivity index (χ3v) is 5.55. The maximum atomic E-state index is 12.7. The standard InChI is InChI=1S/C22H24F3N5O2/c1-2-30-11-8-19(28-30)21(31)29-10-7-15(14-29)20-13-17(26-27-20)9-12-32-18-5-3-16(4-6-18)22(23,24)25/h3-6,8,11,13,15H,2,7,9-10,12,14H2,1H3,(H,26,27). The van der Waals surface area contributed by atoms with E-state index in [0.717, 1.165) is 29.9 Å². The third kappa shape index (κ3) is 4.95. The van der Waals surface area contributed by atoms with Gasteiger partial charge in [-0.1, -0.05) is 0 Å². The van der Waals surface area contributed by atoms with E-state index in [4.69, 9.17) is 4.74 Å². The number of rotatable bonds is 7. The van der Waals surface area contributed by atoms with Crippen molar-refractivity contribution in [2.75, 3.05) is 19.7 Å². The van der Waals surface area contributed by atoms with Gasteiger partial charge in [0.1, 0.15) is 11.4 Å². The van der Waals surface area contributed by atoms with Gasteiger partial charge in [0, 0.05) is 43.9 Å². The Hall–Kier alpha value is -3.30. The Labute approximate surface area is 183 Å². The predicted molar refractivity (Wildman–Crippen MR) is 110 cm³/mol. The molecule has 1 N–H and O–H groups in total. The summed E-state index contributed by atoms with van der Waals surface area (Å²) in [6.07, 6.45) is -1.19. The van der Waals surface area contributed by atoms with Crippen LogP contribution in [0.4, 0.5) is 13.2 Å². The van der Waals surface area contributed by atoms with E-state index in [1.807, 2.05) is 13.0 Å². The highest BCUT2D eigenvalue weighted by Crippen LogP contribution is 2.30. The lowest BCUT2D eigenvalue weighted by Gasteiger charge is -2.14. The molecule has 1 unspecified atom stereocenters. The van der Waals surface area contributed by atoms with Gasteiger partial charge in [0.2, 0.25) is 0 Å². The van der Waals surface area contributed by atoms with Crippen LogP contribution in [0.3, 0.4) is 0 Å². The number of aromatic amines is 1. The second-order valence-electron chi connectivity index (χ2n) is 7.73. The second kappa shape index (κ2) is 9.05. The third-order valence-electron chi connectivity index (χ3n) is 5.55. The van der Waals surface area contributed by atoms with Crippen molar-refractivity contribution < 1.29 is 22.7 Å². The first-order valence-corrected chi connectivity index (χ1v) is 10.5. The predicted octanol–water partition coefficient (Wildman–Crippen LogP) is 3.90. The maximum Gasteiger partial charge on any atom is 0.416 e. The quantitative estimate of drug-likeness (QED) is 0.596. The molecule has 3 heterocycles. The molecule has 0 spiro atoms. The molecular weight excluding hydrogens is 423 g/mol. The lowest BCUT2D eigenvalue weighted by atomic mass is 10.0. The van der Waals surface area contributed by atoms with Crippen LogP contribution in [0.1, 0.15) is 46.7 Å². The van der Waals surface area contributed by atoms with Crippen molar-refractivity contribution in [3.8, 4) is 5.75 Å². The number of aryl methyl sites for hydroxylation is 1. The first-order valence-electron chi connectivity index (χ1n) is 10.5. The number of hydrogen-bond acceptors (Lipinski definition) is 4. The zero-order chi connectivity index (χ0) is 22.7.